The molecule has 0 saturated heterocycles. The minimum absolute atomic E-state index is 0.149. The third-order valence-corrected chi connectivity index (χ3v) is 6.98. The maximum Gasteiger partial charge on any atom is 0.287 e. The minimum atomic E-state index is -0.590. The van der Waals surface area contributed by atoms with E-state index in [1.54, 1.807) is 0 Å². The number of hydrogen-bond donors (Lipinski definition) is 2. The number of rotatable bonds is 2. The summed E-state index contributed by atoms with van der Waals surface area (Å²) in [6, 6.07) is 4.02. The Morgan fingerprint density at radius 1 is 1.14 bits per heavy atom. The second kappa shape index (κ2) is 6.80. The highest BCUT2D eigenvalue weighted by molar-refractivity contribution is 6.00. The first kappa shape index (κ1) is 18.0. The number of nitrogens with one attached hydrogen (secondary N) is 1. The molecule has 1 aromatic heterocycles. The normalized spacial score (nSPS) is 24.3. The molecule has 2 fully saturated rings. The highest BCUT2D eigenvalue weighted by atomic mass is 16.5. The largest absolute Gasteiger partial charge is 0.487 e. The van der Waals surface area contributed by atoms with Crippen molar-refractivity contribution in [1.29, 1.82) is 0 Å². The van der Waals surface area contributed by atoms with Crippen molar-refractivity contribution in [1.82, 2.24) is 5.32 Å². The van der Waals surface area contributed by atoms with Gasteiger partial charge in [-0.25, -0.2) is 0 Å². The number of hydrogen-bond acceptors (Lipinski definition) is 4. The Kier molecular flexibility index (Phi) is 4.38. The van der Waals surface area contributed by atoms with Gasteiger partial charge in [0, 0.05) is 29.0 Å². The number of aliphatic hydroxyl groups is 1. The first-order valence-corrected chi connectivity index (χ1v) is 10.8. The lowest BCUT2D eigenvalue weighted by Gasteiger charge is -2.43. The molecule has 0 bridgehead atoms. The molecule has 2 saturated carbocycles. The van der Waals surface area contributed by atoms with E-state index in [0.717, 1.165) is 60.8 Å². The van der Waals surface area contributed by atoms with E-state index in [2.05, 4.69) is 5.32 Å². The first-order valence-electron chi connectivity index (χ1n) is 10.8. The van der Waals surface area contributed by atoms with Gasteiger partial charge in [-0.3, -0.25) is 4.79 Å². The molecule has 1 atom stereocenters. The predicted molar refractivity (Wildman–Crippen MR) is 107 cm³/mol. The quantitative estimate of drug-likeness (QED) is 0.771. The number of carbonyl (C=O) groups excluding carboxylic acids is 1. The second-order valence-electron chi connectivity index (χ2n) is 8.93. The lowest BCUT2D eigenvalue weighted by Crippen LogP contribution is -2.42. The molecule has 2 heterocycles. The van der Waals surface area contributed by atoms with Gasteiger partial charge in [0.2, 0.25) is 0 Å². The van der Waals surface area contributed by atoms with Gasteiger partial charge >= 0.3 is 0 Å². The lowest BCUT2D eigenvalue weighted by molar-refractivity contribution is -0.0373. The Labute approximate surface area is 165 Å². The average molecular weight is 383 g/mol. The number of amides is 1. The molecule has 1 aromatic carbocycles. The number of aliphatic hydroxyl groups excluding tert-OH is 1. The van der Waals surface area contributed by atoms with Crippen molar-refractivity contribution in [3.63, 3.8) is 0 Å². The zero-order valence-electron chi connectivity index (χ0n) is 16.6. The highest BCUT2D eigenvalue weighted by Crippen LogP contribution is 2.49. The van der Waals surface area contributed by atoms with Crippen LogP contribution in [0.15, 0.2) is 16.5 Å². The van der Waals surface area contributed by atoms with Gasteiger partial charge < -0.3 is 19.6 Å². The van der Waals surface area contributed by atoms with Crippen molar-refractivity contribution in [2.45, 2.75) is 88.9 Å². The summed E-state index contributed by atoms with van der Waals surface area (Å²) in [6.07, 6.45) is 9.99. The van der Waals surface area contributed by atoms with E-state index < -0.39 is 6.10 Å². The van der Waals surface area contributed by atoms with E-state index in [9.17, 15) is 9.90 Å². The minimum Gasteiger partial charge on any atom is -0.487 e. The Morgan fingerprint density at radius 2 is 1.89 bits per heavy atom. The number of aryl methyl sites for hydroxylation is 1. The molecule has 2 aliphatic carbocycles. The van der Waals surface area contributed by atoms with Gasteiger partial charge in [-0.05, 0) is 57.6 Å². The van der Waals surface area contributed by atoms with Crippen molar-refractivity contribution >= 4 is 16.9 Å². The summed E-state index contributed by atoms with van der Waals surface area (Å²) in [5.41, 5.74) is 1.99. The van der Waals surface area contributed by atoms with Crippen molar-refractivity contribution in [2.75, 3.05) is 0 Å². The third kappa shape index (κ3) is 2.91. The van der Waals surface area contributed by atoms with E-state index in [1.807, 2.05) is 19.1 Å². The molecule has 1 amide bonds. The number of furan rings is 1. The lowest BCUT2D eigenvalue weighted by atomic mass is 9.77. The molecule has 1 spiro atoms. The first-order chi connectivity index (χ1) is 13.6. The van der Waals surface area contributed by atoms with Crippen LogP contribution in [0.2, 0.25) is 0 Å². The van der Waals surface area contributed by atoms with Gasteiger partial charge in [-0.2, -0.15) is 0 Å². The van der Waals surface area contributed by atoms with Crippen molar-refractivity contribution in [3.8, 4) is 5.75 Å². The predicted octanol–water partition coefficient (Wildman–Crippen LogP) is 4.93. The molecular weight excluding hydrogens is 354 g/mol. The topological polar surface area (TPSA) is 71.7 Å². The molecule has 2 aromatic rings. The molecule has 0 radical (unpaired) electrons. The van der Waals surface area contributed by atoms with E-state index >= 15 is 0 Å². The number of carbonyl (C=O) groups is 1. The fourth-order valence-electron chi connectivity index (χ4n) is 5.54. The maximum atomic E-state index is 12.8. The summed E-state index contributed by atoms with van der Waals surface area (Å²) in [4.78, 5) is 12.8. The van der Waals surface area contributed by atoms with Crippen molar-refractivity contribution in [2.24, 2.45) is 0 Å². The highest BCUT2D eigenvalue weighted by Gasteiger charge is 2.42. The number of ether oxygens (including phenoxy) is 1. The number of benzene rings is 1. The second-order valence-corrected chi connectivity index (χ2v) is 8.93. The van der Waals surface area contributed by atoms with Gasteiger partial charge in [0.1, 0.15) is 16.9 Å². The van der Waals surface area contributed by atoms with Gasteiger partial charge in [0.15, 0.2) is 5.76 Å². The standard InChI is InChI=1S/C23H29NO4/c1-14-19-17(27-21(14)22(26)24-15-7-3-4-8-15)9-10-18-20(19)16(25)13-23(28-18)11-5-2-6-12-23/h9-10,15-16,25H,2-8,11-13H2,1H3,(H,24,26)/t16-/m1/s1. The van der Waals surface area contributed by atoms with Crippen LogP contribution in [-0.2, 0) is 0 Å². The molecule has 28 heavy (non-hydrogen) atoms. The fraction of sp³-hybridized carbons (Fsp3) is 0.609. The van der Waals surface area contributed by atoms with Crippen molar-refractivity contribution in [3.05, 3.63) is 29.0 Å². The molecule has 2 N–H and O–H groups in total. The van der Waals surface area contributed by atoms with E-state index in [0.29, 0.717) is 17.8 Å². The van der Waals surface area contributed by atoms with E-state index in [4.69, 9.17) is 9.15 Å². The summed E-state index contributed by atoms with van der Waals surface area (Å²) in [6.45, 7) is 1.91. The van der Waals surface area contributed by atoms with E-state index in [1.165, 1.54) is 19.3 Å². The zero-order chi connectivity index (χ0) is 19.3. The Bertz CT molecular complexity index is 903. The molecule has 5 rings (SSSR count). The van der Waals surface area contributed by atoms with Gasteiger partial charge in [-0.15, -0.1) is 0 Å². The molecule has 5 heteroatoms. The molecule has 0 unspecified atom stereocenters. The number of fused-ring (bicyclic) bond motifs is 3. The monoisotopic (exact) mass is 383 g/mol. The van der Waals surface area contributed by atoms with Crippen LogP contribution in [0.25, 0.3) is 11.0 Å². The SMILES string of the molecule is Cc1c(C(=O)NC2CCCC2)oc2ccc3c(c12)[C@H](O)CC1(CCCCC1)O3. The van der Waals surface area contributed by atoms with Crippen molar-refractivity contribution < 1.29 is 19.1 Å². The summed E-state index contributed by atoms with van der Waals surface area (Å²) in [5.74, 6) is 0.963. The summed E-state index contributed by atoms with van der Waals surface area (Å²) >= 11 is 0. The summed E-state index contributed by atoms with van der Waals surface area (Å²) in [7, 11) is 0. The van der Waals surface area contributed by atoms with Crippen LogP contribution in [0.1, 0.15) is 92.0 Å². The van der Waals surface area contributed by atoms with Gasteiger partial charge in [0.05, 0.1) is 6.10 Å². The van der Waals surface area contributed by atoms with Crippen LogP contribution >= 0.6 is 0 Å². The molecule has 1 aliphatic heterocycles. The molecular formula is C23H29NO4. The summed E-state index contributed by atoms with van der Waals surface area (Å²) in [5, 5.41) is 15.0. The van der Waals surface area contributed by atoms with Crippen LogP contribution < -0.4 is 10.1 Å². The van der Waals surface area contributed by atoms with Crippen LogP contribution in [0.4, 0.5) is 0 Å². The van der Waals surface area contributed by atoms with Crippen LogP contribution in [0, 0.1) is 6.92 Å². The Balaban J connectivity index is 1.51. The fourth-order valence-corrected chi connectivity index (χ4v) is 5.54. The van der Waals surface area contributed by atoms with E-state index in [-0.39, 0.29) is 17.6 Å². The molecule has 150 valence electrons. The Hall–Kier alpha value is -2.01. The van der Waals surface area contributed by atoms with Gasteiger partial charge in [-0.1, -0.05) is 19.3 Å². The summed E-state index contributed by atoms with van der Waals surface area (Å²) < 4.78 is 12.4. The van der Waals surface area contributed by atoms with Crippen LogP contribution in [0.5, 0.6) is 5.75 Å². The zero-order valence-corrected chi connectivity index (χ0v) is 16.6. The van der Waals surface area contributed by atoms with Crippen LogP contribution in [-0.4, -0.2) is 22.7 Å². The smallest absolute Gasteiger partial charge is 0.287 e. The maximum absolute atomic E-state index is 12.8. The average Bonchev–Trinajstić information content (AvgIpc) is 3.30. The Morgan fingerprint density at radius 3 is 2.64 bits per heavy atom. The van der Waals surface area contributed by atoms with Gasteiger partial charge in [0.25, 0.3) is 5.91 Å². The molecule has 5 nitrogen and oxygen atoms in total. The third-order valence-electron chi connectivity index (χ3n) is 6.98. The molecule has 3 aliphatic rings. The van der Waals surface area contributed by atoms with Crippen LogP contribution in [0.3, 0.4) is 0 Å².